The number of nitrogens with one attached hydrogen (secondary N) is 1. The maximum Gasteiger partial charge on any atom is 0.229 e. The lowest BCUT2D eigenvalue weighted by molar-refractivity contribution is 0.640. The molecule has 0 unspecified atom stereocenters. The first-order valence-corrected chi connectivity index (χ1v) is 10.4. The first kappa shape index (κ1) is 20.0. The summed E-state index contributed by atoms with van der Waals surface area (Å²) in [5, 5.41) is 3.43. The van der Waals surface area contributed by atoms with Gasteiger partial charge in [-0.25, -0.2) is 0 Å². The fraction of sp³-hybridized carbons (Fsp3) is 0.333. The fourth-order valence-corrected chi connectivity index (χ4v) is 3.63. The molecule has 4 rings (SSSR count). The van der Waals surface area contributed by atoms with Crippen molar-refractivity contribution in [3.8, 4) is 0 Å². The molecule has 30 heavy (non-hydrogen) atoms. The third kappa shape index (κ3) is 4.64. The van der Waals surface area contributed by atoms with Gasteiger partial charge >= 0.3 is 0 Å². The normalized spacial score (nSPS) is 14.0. The van der Waals surface area contributed by atoms with E-state index >= 15 is 0 Å². The second-order valence-electron chi connectivity index (χ2n) is 8.11. The number of hydrogen-bond donors (Lipinski definition) is 1. The van der Waals surface area contributed by atoms with Crippen LogP contribution in [0.4, 0.5) is 29.0 Å². The summed E-state index contributed by atoms with van der Waals surface area (Å²) in [5.41, 5.74) is 4.85. The molecule has 6 nitrogen and oxygen atoms in total. The zero-order chi connectivity index (χ0) is 21.1. The first-order chi connectivity index (χ1) is 14.5. The van der Waals surface area contributed by atoms with Gasteiger partial charge in [-0.15, -0.1) is 0 Å². The van der Waals surface area contributed by atoms with E-state index in [-0.39, 0.29) is 0 Å². The molecule has 3 aromatic rings. The predicted octanol–water partition coefficient (Wildman–Crippen LogP) is 4.23. The lowest BCUT2D eigenvalue weighted by atomic mass is 10.2. The minimum Gasteiger partial charge on any atom is -0.368 e. The molecule has 6 heteroatoms. The van der Waals surface area contributed by atoms with E-state index in [4.69, 9.17) is 9.97 Å². The van der Waals surface area contributed by atoms with Crippen LogP contribution >= 0.6 is 0 Å². The summed E-state index contributed by atoms with van der Waals surface area (Å²) in [6.45, 7) is 7.94. The van der Waals surface area contributed by atoms with Crippen molar-refractivity contribution >= 4 is 29.0 Å². The summed E-state index contributed by atoms with van der Waals surface area (Å²) < 4.78 is 0. The quantitative estimate of drug-likeness (QED) is 0.689. The van der Waals surface area contributed by atoms with E-state index in [2.05, 4.69) is 77.5 Å². The smallest absolute Gasteiger partial charge is 0.229 e. The Balaban J connectivity index is 1.52. The number of nitrogens with zero attached hydrogens (tertiary/aromatic N) is 5. The van der Waals surface area contributed by atoms with Gasteiger partial charge in [-0.05, 0) is 43.7 Å². The Morgan fingerprint density at radius 1 is 0.800 bits per heavy atom. The van der Waals surface area contributed by atoms with E-state index in [1.165, 1.54) is 16.8 Å². The average molecular weight is 403 g/mol. The van der Waals surface area contributed by atoms with Gasteiger partial charge in [-0.2, -0.15) is 9.97 Å². The van der Waals surface area contributed by atoms with Crippen molar-refractivity contribution in [3.63, 3.8) is 0 Å². The molecule has 156 valence electrons. The molecule has 1 fully saturated rings. The van der Waals surface area contributed by atoms with E-state index in [0.29, 0.717) is 0 Å². The summed E-state index contributed by atoms with van der Waals surface area (Å²) in [4.78, 5) is 16.4. The Labute approximate surface area is 179 Å². The number of rotatable bonds is 5. The molecule has 0 bridgehead atoms. The molecule has 0 spiro atoms. The number of aromatic nitrogens is 2. The summed E-state index contributed by atoms with van der Waals surface area (Å²) in [5.74, 6) is 2.49. The number of anilines is 5. The SMILES string of the molecule is Cc1ccc(Nc2cc(N(C)C)nc(N3CCN(c4cccc(C)c4)CC3)n2)cc1. The van der Waals surface area contributed by atoms with Crippen LogP contribution in [0.25, 0.3) is 0 Å². The topological polar surface area (TPSA) is 47.5 Å². The molecule has 0 aliphatic carbocycles. The monoisotopic (exact) mass is 402 g/mol. The molecule has 0 saturated carbocycles. The predicted molar refractivity (Wildman–Crippen MR) is 126 cm³/mol. The van der Waals surface area contributed by atoms with Gasteiger partial charge in [0.1, 0.15) is 11.6 Å². The number of piperazine rings is 1. The third-order valence-corrected chi connectivity index (χ3v) is 5.41. The molecule has 0 atom stereocenters. The molecule has 1 saturated heterocycles. The van der Waals surface area contributed by atoms with Crippen molar-refractivity contribution in [1.82, 2.24) is 9.97 Å². The second-order valence-corrected chi connectivity index (χ2v) is 8.11. The van der Waals surface area contributed by atoms with Crippen molar-refractivity contribution in [2.24, 2.45) is 0 Å². The molecule has 0 radical (unpaired) electrons. The van der Waals surface area contributed by atoms with Crippen molar-refractivity contribution in [2.45, 2.75) is 13.8 Å². The van der Waals surface area contributed by atoms with Gasteiger partial charge in [-0.3, -0.25) is 0 Å². The van der Waals surface area contributed by atoms with Gasteiger partial charge in [0, 0.05) is 57.7 Å². The zero-order valence-corrected chi connectivity index (χ0v) is 18.3. The van der Waals surface area contributed by atoms with Crippen LogP contribution < -0.4 is 20.0 Å². The van der Waals surface area contributed by atoms with Gasteiger partial charge in [0.2, 0.25) is 5.95 Å². The van der Waals surface area contributed by atoms with Crippen LogP contribution in [0, 0.1) is 13.8 Å². The van der Waals surface area contributed by atoms with Crippen LogP contribution in [0.3, 0.4) is 0 Å². The Morgan fingerprint density at radius 2 is 1.50 bits per heavy atom. The highest BCUT2D eigenvalue weighted by atomic mass is 15.3. The lowest BCUT2D eigenvalue weighted by Crippen LogP contribution is -2.47. The lowest BCUT2D eigenvalue weighted by Gasteiger charge is -2.36. The van der Waals surface area contributed by atoms with Crippen molar-refractivity contribution < 1.29 is 0 Å². The highest BCUT2D eigenvalue weighted by Gasteiger charge is 2.21. The third-order valence-electron chi connectivity index (χ3n) is 5.41. The molecule has 1 aliphatic rings. The molecule has 2 aromatic carbocycles. The molecule has 1 N–H and O–H groups in total. The molecular formula is C24H30N6. The minimum atomic E-state index is 0.778. The first-order valence-electron chi connectivity index (χ1n) is 10.4. The van der Waals surface area contributed by atoms with E-state index in [0.717, 1.165) is 49.5 Å². The Morgan fingerprint density at radius 3 is 2.17 bits per heavy atom. The highest BCUT2D eigenvalue weighted by Crippen LogP contribution is 2.24. The Kier molecular flexibility index (Phi) is 5.74. The number of aryl methyl sites for hydroxylation is 2. The maximum atomic E-state index is 4.83. The van der Waals surface area contributed by atoms with Crippen LogP contribution in [0.5, 0.6) is 0 Å². The summed E-state index contributed by atoms with van der Waals surface area (Å²) in [6, 6.07) is 19.1. The van der Waals surface area contributed by atoms with Gasteiger partial charge in [0.05, 0.1) is 0 Å². The number of hydrogen-bond acceptors (Lipinski definition) is 6. The molecule has 0 amide bonds. The molecule has 1 aromatic heterocycles. The minimum absolute atomic E-state index is 0.778. The van der Waals surface area contributed by atoms with E-state index in [1.54, 1.807) is 0 Å². The van der Waals surface area contributed by atoms with Crippen LogP contribution in [-0.2, 0) is 0 Å². The van der Waals surface area contributed by atoms with Gasteiger partial charge in [0.15, 0.2) is 0 Å². The Bertz CT molecular complexity index is 991. The summed E-state index contributed by atoms with van der Waals surface area (Å²) in [7, 11) is 4.02. The summed E-state index contributed by atoms with van der Waals surface area (Å²) >= 11 is 0. The maximum absolute atomic E-state index is 4.83. The van der Waals surface area contributed by atoms with Gasteiger partial charge < -0.3 is 20.0 Å². The van der Waals surface area contributed by atoms with Crippen molar-refractivity contribution in [1.29, 1.82) is 0 Å². The molecular weight excluding hydrogens is 372 g/mol. The van der Waals surface area contributed by atoms with Crippen LogP contribution in [0.1, 0.15) is 11.1 Å². The second kappa shape index (κ2) is 8.61. The van der Waals surface area contributed by atoms with E-state index in [9.17, 15) is 0 Å². The van der Waals surface area contributed by atoms with E-state index < -0.39 is 0 Å². The highest BCUT2D eigenvalue weighted by molar-refractivity contribution is 5.62. The van der Waals surface area contributed by atoms with Crippen LogP contribution in [-0.4, -0.2) is 50.2 Å². The zero-order valence-electron chi connectivity index (χ0n) is 18.3. The Hall–Kier alpha value is -3.28. The fourth-order valence-electron chi connectivity index (χ4n) is 3.63. The average Bonchev–Trinajstić information content (AvgIpc) is 2.75. The molecule has 1 aliphatic heterocycles. The van der Waals surface area contributed by atoms with Crippen molar-refractivity contribution in [3.05, 3.63) is 65.7 Å². The standard InChI is InChI=1S/C24H30N6/c1-18-8-10-20(11-9-18)25-22-17-23(28(3)4)27-24(26-22)30-14-12-29(13-15-30)21-7-5-6-19(2)16-21/h5-11,16-17H,12-15H2,1-4H3,(H,25,26,27). The molecule has 2 heterocycles. The largest absolute Gasteiger partial charge is 0.368 e. The van der Waals surface area contributed by atoms with Crippen LogP contribution in [0.2, 0.25) is 0 Å². The van der Waals surface area contributed by atoms with Gasteiger partial charge in [-0.1, -0.05) is 29.8 Å². The van der Waals surface area contributed by atoms with E-state index in [1.807, 2.05) is 25.1 Å². The van der Waals surface area contributed by atoms with Crippen LogP contribution in [0.15, 0.2) is 54.6 Å². The summed E-state index contributed by atoms with van der Waals surface area (Å²) in [6.07, 6.45) is 0. The van der Waals surface area contributed by atoms with Gasteiger partial charge in [0.25, 0.3) is 0 Å². The number of benzene rings is 2. The van der Waals surface area contributed by atoms with Crippen molar-refractivity contribution in [2.75, 3.05) is 60.3 Å².